The molecule has 2 fully saturated rings. The van der Waals surface area contributed by atoms with Crippen LogP contribution in [0.1, 0.15) is 51.0 Å². The van der Waals surface area contributed by atoms with Crippen molar-refractivity contribution in [3.8, 4) is 0 Å². The zero-order valence-corrected chi connectivity index (χ0v) is 18.8. The van der Waals surface area contributed by atoms with Crippen molar-refractivity contribution in [2.24, 2.45) is 28.3 Å². The molecule has 3 rings (SSSR count). The molecule has 2 aliphatic heterocycles. The molecule has 0 spiro atoms. The van der Waals surface area contributed by atoms with Crippen molar-refractivity contribution in [2.75, 3.05) is 31.1 Å². The molecule has 4 N–H and O–H groups in total. The lowest BCUT2D eigenvalue weighted by molar-refractivity contribution is -0.130. The minimum atomic E-state index is -0.942. The second-order valence-electron chi connectivity index (χ2n) is 8.80. The zero-order chi connectivity index (χ0) is 23.1. The molecular formula is C23H34FN5O3. The summed E-state index contributed by atoms with van der Waals surface area (Å²) < 4.78 is 19.9. The van der Waals surface area contributed by atoms with Crippen LogP contribution >= 0.6 is 0 Å². The first kappa shape index (κ1) is 23.8. The van der Waals surface area contributed by atoms with E-state index in [1.165, 1.54) is 12.8 Å². The van der Waals surface area contributed by atoms with Crippen molar-refractivity contribution in [3.05, 3.63) is 29.6 Å². The van der Waals surface area contributed by atoms with E-state index in [1.54, 1.807) is 25.1 Å². The summed E-state index contributed by atoms with van der Waals surface area (Å²) in [6, 6.07) is 5.12. The van der Waals surface area contributed by atoms with Gasteiger partial charge in [-0.3, -0.25) is 4.79 Å². The van der Waals surface area contributed by atoms with Crippen molar-refractivity contribution >= 4 is 23.6 Å². The summed E-state index contributed by atoms with van der Waals surface area (Å²) in [5, 5.41) is 0. The number of hydrogen-bond donors (Lipinski definition) is 2. The molecule has 0 atom stereocenters. The fraction of sp³-hybridized carbons (Fsp3) is 0.609. The van der Waals surface area contributed by atoms with Crippen molar-refractivity contribution in [1.29, 1.82) is 0 Å². The summed E-state index contributed by atoms with van der Waals surface area (Å²) >= 11 is 0. The Morgan fingerprint density at radius 2 is 1.66 bits per heavy atom. The lowest BCUT2D eigenvalue weighted by Gasteiger charge is -2.35. The van der Waals surface area contributed by atoms with E-state index >= 15 is 4.39 Å². The molecular weight excluding hydrogens is 413 g/mol. The number of carbonyl (C=O) groups is 2. The molecule has 0 aliphatic carbocycles. The molecule has 1 aromatic rings. The number of guanidine groups is 1. The molecule has 2 saturated heterocycles. The Bertz CT molecular complexity index is 827. The molecule has 0 aromatic heterocycles. The molecule has 176 valence electrons. The second-order valence-corrected chi connectivity index (χ2v) is 8.80. The maximum atomic E-state index is 15.0. The number of benzene rings is 1. The first-order valence-electron chi connectivity index (χ1n) is 11.4. The van der Waals surface area contributed by atoms with E-state index in [0.717, 1.165) is 51.9 Å². The van der Waals surface area contributed by atoms with Gasteiger partial charge in [0.2, 0.25) is 5.91 Å². The van der Waals surface area contributed by atoms with Gasteiger partial charge < -0.3 is 26.0 Å². The highest BCUT2D eigenvalue weighted by Crippen LogP contribution is 2.31. The number of anilines is 1. The average molecular weight is 448 g/mol. The number of nitrogens with two attached hydrogens (primary N) is 2. The number of nitrogens with zero attached hydrogens (tertiary/aromatic N) is 3. The molecule has 8 nitrogen and oxygen atoms in total. The number of halogens is 1. The molecule has 0 saturated carbocycles. The third kappa shape index (κ3) is 6.58. The van der Waals surface area contributed by atoms with Crippen LogP contribution in [0, 0.1) is 17.7 Å². The highest BCUT2D eigenvalue weighted by molar-refractivity contribution is 5.87. The van der Waals surface area contributed by atoms with Crippen LogP contribution in [0.2, 0.25) is 0 Å². The van der Waals surface area contributed by atoms with Crippen LogP contribution in [0.15, 0.2) is 23.2 Å². The maximum Gasteiger partial charge on any atom is 0.437 e. The fourth-order valence-electron chi connectivity index (χ4n) is 4.67. The normalized spacial score (nSPS) is 17.8. The van der Waals surface area contributed by atoms with Crippen LogP contribution in [0.3, 0.4) is 0 Å². The van der Waals surface area contributed by atoms with E-state index in [0.29, 0.717) is 23.1 Å². The number of hydrogen-bond acceptors (Lipinski definition) is 4. The maximum absolute atomic E-state index is 15.0. The summed E-state index contributed by atoms with van der Waals surface area (Å²) in [5.74, 6) is 0.775. The number of amides is 2. The van der Waals surface area contributed by atoms with Gasteiger partial charge in [0.1, 0.15) is 6.61 Å². The summed E-state index contributed by atoms with van der Waals surface area (Å²) in [4.78, 5) is 30.2. The SMILES string of the molecule is CC(=O)N1CCC(CCC2CCN(c3cccc(COC(=O)N=C(N)N)c3F)CC2)CC1. The van der Waals surface area contributed by atoms with E-state index in [1.807, 2.05) is 4.90 Å². The van der Waals surface area contributed by atoms with Crippen LogP contribution in [0.4, 0.5) is 14.9 Å². The summed E-state index contributed by atoms with van der Waals surface area (Å²) in [5.41, 5.74) is 11.1. The molecule has 0 bridgehead atoms. The van der Waals surface area contributed by atoms with Gasteiger partial charge in [0.05, 0.1) is 5.69 Å². The number of piperidine rings is 2. The zero-order valence-electron chi connectivity index (χ0n) is 18.8. The van der Waals surface area contributed by atoms with Gasteiger partial charge in [-0.15, -0.1) is 4.99 Å². The van der Waals surface area contributed by atoms with Crippen molar-refractivity contribution in [2.45, 2.75) is 52.1 Å². The smallest absolute Gasteiger partial charge is 0.437 e. The van der Waals surface area contributed by atoms with Gasteiger partial charge >= 0.3 is 6.09 Å². The number of rotatable bonds is 6. The largest absolute Gasteiger partial charge is 0.443 e. The van der Waals surface area contributed by atoms with Crippen LogP contribution in [0.5, 0.6) is 0 Å². The summed E-state index contributed by atoms with van der Waals surface area (Å²) in [6.07, 6.45) is 5.74. The van der Waals surface area contributed by atoms with E-state index in [9.17, 15) is 9.59 Å². The van der Waals surface area contributed by atoms with E-state index in [2.05, 4.69) is 9.89 Å². The van der Waals surface area contributed by atoms with Crippen LogP contribution in [0.25, 0.3) is 0 Å². The highest BCUT2D eigenvalue weighted by Gasteiger charge is 2.25. The molecule has 0 unspecified atom stereocenters. The lowest BCUT2D eigenvalue weighted by atomic mass is 9.85. The Morgan fingerprint density at radius 3 is 2.22 bits per heavy atom. The molecule has 32 heavy (non-hydrogen) atoms. The summed E-state index contributed by atoms with van der Waals surface area (Å²) in [7, 11) is 0. The van der Waals surface area contributed by atoms with Gasteiger partial charge in [0.25, 0.3) is 0 Å². The van der Waals surface area contributed by atoms with Crippen LogP contribution in [-0.4, -0.2) is 49.0 Å². The van der Waals surface area contributed by atoms with Gasteiger partial charge in [-0.1, -0.05) is 25.0 Å². The third-order valence-corrected chi connectivity index (χ3v) is 6.63. The Labute approximate surface area is 188 Å². The van der Waals surface area contributed by atoms with Gasteiger partial charge in [-0.25, -0.2) is 9.18 Å². The number of ether oxygens (including phenoxy) is 1. The quantitative estimate of drug-likeness (QED) is 0.512. The Balaban J connectivity index is 1.45. The number of aliphatic imine (C=N–C) groups is 1. The number of carbonyl (C=O) groups excluding carboxylic acids is 2. The van der Waals surface area contributed by atoms with Crippen molar-refractivity contribution in [1.82, 2.24) is 4.90 Å². The average Bonchev–Trinajstić information content (AvgIpc) is 2.77. The van der Waals surface area contributed by atoms with Crippen molar-refractivity contribution in [3.63, 3.8) is 0 Å². The molecule has 2 heterocycles. The molecule has 1 aromatic carbocycles. The minimum Gasteiger partial charge on any atom is -0.443 e. The van der Waals surface area contributed by atoms with Gasteiger partial charge in [-0.2, -0.15) is 0 Å². The molecule has 9 heteroatoms. The fourth-order valence-corrected chi connectivity index (χ4v) is 4.67. The molecule has 0 radical (unpaired) electrons. The van der Waals surface area contributed by atoms with Gasteiger partial charge in [-0.05, 0) is 43.6 Å². The van der Waals surface area contributed by atoms with E-state index in [4.69, 9.17) is 16.2 Å². The van der Waals surface area contributed by atoms with Crippen LogP contribution in [-0.2, 0) is 16.1 Å². The second kappa shape index (κ2) is 11.2. The lowest BCUT2D eigenvalue weighted by Crippen LogP contribution is -2.37. The monoisotopic (exact) mass is 447 g/mol. The van der Waals surface area contributed by atoms with Crippen molar-refractivity contribution < 1.29 is 18.7 Å². The first-order valence-corrected chi connectivity index (χ1v) is 11.4. The topological polar surface area (TPSA) is 114 Å². The first-order chi connectivity index (χ1) is 15.3. The predicted octanol–water partition coefficient (Wildman–Crippen LogP) is 2.99. The van der Waals surface area contributed by atoms with E-state index in [-0.39, 0.29) is 18.3 Å². The van der Waals surface area contributed by atoms with Crippen LogP contribution < -0.4 is 16.4 Å². The molecule has 2 amide bonds. The third-order valence-electron chi connectivity index (χ3n) is 6.63. The molecule has 2 aliphatic rings. The summed E-state index contributed by atoms with van der Waals surface area (Å²) in [6.45, 7) is 4.80. The van der Waals surface area contributed by atoms with Gasteiger partial charge in [0.15, 0.2) is 11.8 Å². The highest BCUT2D eigenvalue weighted by atomic mass is 19.1. The number of likely N-dealkylation sites (tertiary alicyclic amines) is 1. The van der Waals surface area contributed by atoms with Gasteiger partial charge in [0, 0.05) is 38.7 Å². The predicted molar refractivity (Wildman–Crippen MR) is 122 cm³/mol. The van der Waals surface area contributed by atoms with E-state index < -0.39 is 12.1 Å². The Morgan fingerprint density at radius 1 is 1.06 bits per heavy atom. The Kier molecular flexibility index (Phi) is 8.30. The standard InChI is InChI=1S/C23H34FN5O3/c1-16(30)28-11-7-17(8-12-28)5-6-18-9-13-29(14-10-18)20-4-2-3-19(21(20)24)15-32-23(31)27-22(25)26/h2-4,17-18H,5-15H2,1H3,(H4,25,26,27,31). The Hall–Kier alpha value is -2.84. The minimum absolute atomic E-state index is 0.180.